The lowest BCUT2D eigenvalue weighted by molar-refractivity contribution is 0.133. The Hall–Kier alpha value is -1.59. The minimum Gasteiger partial charge on any atom is -0.464 e. The Morgan fingerprint density at radius 3 is 2.44 bits per heavy atom. The van der Waals surface area contributed by atoms with Gasteiger partial charge in [0.15, 0.2) is 0 Å². The number of benzene rings is 1. The second-order valence-electron chi connectivity index (χ2n) is 8.77. The van der Waals surface area contributed by atoms with Crippen LogP contribution in [0.3, 0.4) is 0 Å². The molecule has 1 saturated carbocycles. The van der Waals surface area contributed by atoms with Crippen molar-refractivity contribution in [2.24, 2.45) is 10.8 Å². The highest BCUT2D eigenvalue weighted by atomic mass is 32.2. The molecule has 25 heavy (non-hydrogen) atoms. The van der Waals surface area contributed by atoms with Gasteiger partial charge in [0.05, 0.1) is 11.2 Å². The topological polar surface area (TPSA) is 50.5 Å². The zero-order valence-electron chi connectivity index (χ0n) is 15.0. The van der Waals surface area contributed by atoms with Gasteiger partial charge in [-0.25, -0.2) is 8.42 Å². The van der Waals surface area contributed by atoms with Crippen molar-refractivity contribution in [1.29, 1.82) is 0 Å². The maximum Gasteiger partial charge on any atom is 0.243 e. The Bertz CT molecular complexity index is 868. The molecule has 1 aliphatic carbocycles. The molecule has 0 N–H and O–H groups in total. The molecule has 134 valence electrons. The van der Waals surface area contributed by atoms with Crippen LogP contribution in [0, 0.1) is 10.8 Å². The molecule has 2 bridgehead atoms. The summed E-state index contributed by atoms with van der Waals surface area (Å²) >= 11 is 0. The number of sulfonamides is 1. The van der Waals surface area contributed by atoms with Crippen LogP contribution in [-0.2, 0) is 10.0 Å². The second-order valence-corrected chi connectivity index (χ2v) is 10.7. The van der Waals surface area contributed by atoms with Crippen molar-refractivity contribution in [3.8, 4) is 11.3 Å². The fourth-order valence-corrected chi connectivity index (χ4v) is 6.83. The molecular formula is C20H25NO3S. The van der Waals surface area contributed by atoms with Crippen LogP contribution in [0.4, 0.5) is 0 Å². The summed E-state index contributed by atoms with van der Waals surface area (Å²) in [6, 6.07) is 10.8. The Morgan fingerprint density at radius 2 is 1.80 bits per heavy atom. The standard InChI is InChI=1S/C20H25NO3S/c1-19(2)11-16-12-20(3,13-19)14-21(16)25(22,23)17-8-6-15(7-9-17)18-5-4-10-24-18/h4-10,16H,11-14H2,1-3H3. The van der Waals surface area contributed by atoms with Crippen molar-refractivity contribution >= 4 is 10.0 Å². The van der Waals surface area contributed by atoms with Crippen molar-refractivity contribution in [3.63, 3.8) is 0 Å². The van der Waals surface area contributed by atoms with E-state index in [-0.39, 0.29) is 16.9 Å². The first-order chi connectivity index (χ1) is 11.7. The quantitative estimate of drug-likeness (QED) is 0.809. The van der Waals surface area contributed by atoms with Gasteiger partial charge in [-0.05, 0) is 66.5 Å². The van der Waals surface area contributed by atoms with E-state index in [0.717, 1.165) is 30.6 Å². The number of hydrogen-bond acceptors (Lipinski definition) is 3. The van der Waals surface area contributed by atoms with Crippen LogP contribution in [-0.4, -0.2) is 25.3 Å². The summed E-state index contributed by atoms with van der Waals surface area (Å²) in [5.41, 5.74) is 1.18. The summed E-state index contributed by atoms with van der Waals surface area (Å²) in [5.74, 6) is 0.746. The van der Waals surface area contributed by atoms with E-state index in [1.807, 2.05) is 24.3 Å². The Balaban J connectivity index is 1.64. The molecule has 2 unspecified atom stereocenters. The molecule has 0 spiro atoms. The van der Waals surface area contributed by atoms with Crippen molar-refractivity contribution < 1.29 is 12.8 Å². The largest absolute Gasteiger partial charge is 0.464 e. The maximum atomic E-state index is 13.2. The minimum absolute atomic E-state index is 0.0909. The molecule has 2 heterocycles. The molecule has 1 aromatic heterocycles. The molecule has 4 nitrogen and oxygen atoms in total. The smallest absolute Gasteiger partial charge is 0.243 e. The molecule has 0 amide bonds. The SMILES string of the molecule is CC1(C)CC2CC(C)(CN2S(=O)(=O)c2ccc(-c3ccco3)cc2)C1. The lowest BCUT2D eigenvalue weighted by Gasteiger charge is -2.39. The molecule has 1 saturated heterocycles. The number of rotatable bonds is 3. The highest BCUT2D eigenvalue weighted by Crippen LogP contribution is 2.53. The van der Waals surface area contributed by atoms with Gasteiger partial charge in [0.25, 0.3) is 0 Å². The van der Waals surface area contributed by atoms with Gasteiger partial charge in [-0.3, -0.25) is 0 Å². The molecular weight excluding hydrogens is 334 g/mol. The van der Waals surface area contributed by atoms with Crippen LogP contribution in [0.25, 0.3) is 11.3 Å². The van der Waals surface area contributed by atoms with E-state index in [9.17, 15) is 8.42 Å². The van der Waals surface area contributed by atoms with E-state index in [1.165, 1.54) is 0 Å². The molecule has 2 aliphatic rings. The lowest BCUT2D eigenvalue weighted by atomic mass is 9.65. The predicted octanol–water partition coefficient (Wildman–Crippen LogP) is 4.54. The highest BCUT2D eigenvalue weighted by Gasteiger charge is 2.53. The summed E-state index contributed by atoms with van der Waals surface area (Å²) < 4.78 is 33.6. The Kier molecular flexibility index (Phi) is 3.68. The van der Waals surface area contributed by atoms with Crippen LogP contribution in [0.1, 0.15) is 40.0 Å². The molecule has 2 fully saturated rings. The van der Waals surface area contributed by atoms with Gasteiger partial charge in [-0.15, -0.1) is 0 Å². The van der Waals surface area contributed by atoms with E-state index in [0.29, 0.717) is 11.4 Å². The van der Waals surface area contributed by atoms with Gasteiger partial charge in [0.1, 0.15) is 5.76 Å². The van der Waals surface area contributed by atoms with Gasteiger partial charge in [0, 0.05) is 18.2 Å². The van der Waals surface area contributed by atoms with E-state index in [4.69, 9.17) is 4.42 Å². The van der Waals surface area contributed by atoms with Gasteiger partial charge in [-0.2, -0.15) is 4.31 Å². The minimum atomic E-state index is -3.46. The number of furan rings is 1. The Labute approximate surface area is 149 Å². The summed E-state index contributed by atoms with van der Waals surface area (Å²) in [6.45, 7) is 7.37. The third-order valence-electron chi connectivity index (χ3n) is 5.63. The number of fused-ring (bicyclic) bond motifs is 2. The average Bonchev–Trinajstić information content (AvgIpc) is 3.13. The number of nitrogens with zero attached hydrogens (tertiary/aromatic N) is 1. The van der Waals surface area contributed by atoms with Crippen molar-refractivity contribution in [1.82, 2.24) is 4.31 Å². The zero-order chi connectivity index (χ0) is 17.9. The Morgan fingerprint density at radius 1 is 1.08 bits per heavy atom. The van der Waals surface area contributed by atoms with Crippen molar-refractivity contribution in [3.05, 3.63) is 42.7 Å². The van der Waals surface area contributed by atoms with Gasteiger partial charge in [-0.1, -0.05) is 20.8 Å². The normalized spacial score (nSPS) is 29.0. The first-order valence-electron chi connectivity index (χ1n) is 8.85. The fraction of sp³-hybridized carbons (Fsp3) is 0.500. The molecule has 2 aromatic rings. The average molecular weight is 359 g/mol. The van der Waals surface area contributed by atoms with Crippen LogP contribution >= 0.6 is 0 Å². The summed E-state index contributed by atoms with van der Waals surface area (Å²) in [6.07, 6.45) is 4.61. The van der Waals surface area contributed by atoms with Gasteiger partial charge < -0.3 is 4.42 Å². The predicted molar refractivity (Wildman–Crippen MR) is 97.6 cm³/mol. The summed E-state index contributed by atoms with van der Waals surface area (Å²) in [7, 11) is -3.46. The zero-order valence-corrected chi connectivity index (χ0v) is 15.8. The van der Waals surface area contributed by atoms with Crippen LogP contribution in [0.2, 0.25) is 0 Å². The van der Waals surface area contributed by atoms with Crippen molar-refractivity contribution in [2.45, 2.75) is 51.0 Å². The van der Waals surface area contributed by atoms with E-state index in [2.05, 4.69) is 20.8 Å². The fourth-order valence-electron chi connectivity index (χ4n) is 5.06. The maximum absolute atomic E-state index is 13.2. The molecule has 4 rings (SSSR count). The molecule has 2 atom stereocenters. The number of hydrogen-bond donors (Lipinski definition) is 0. The first kappa shape index (κ1) is 16.9. The monoisotopic (exact) mass is 359 g/mol. The summed E-state index contributed by atoms with van der Waals surface area (Å²) in [4.78, 5) is 0.372. The first-order valence-corrected chi connectivity index (χ1v) is 10.3. The third-order valence-corrected chi connectivity index (χ3v) is 7.55. The van der Waals surface area contributed by atoms with Crippen LogP contribution in [0.5, 0.6) is 0 Å². The molecule has 5 heteroatoms. The van der Waals surface area contributed by atoms with Gasteiger partial charge in [0.2, 0.25) is 10.0 Å². The van der Waals surface area contributed by atoms with Gasteiger partial charge >= 0.3 is 0 Å². The molecule has 1 aliphatic heterocycles. The van der Waals surface area contributed by atoms with E-state index in [1.54, 1.807) is 22.7 Å². The van der Waals surface area contributed by atoms with E-state index < -0.39 is 10.0 Å². The highest BCUT2D eigenvalue weighted by molar-refractivity contribution is 7.89. The second kappa shape index (κ2) is 5.45. The van der Waals surface area contributed by atoms with Crippen LogP contribution < -0.4 is 0 Å². The molecule has 1 aromatic carbocycles. The third kappa shape index (κ3) is 2.93. The van der Waals surface area contributed by atoms with E-state index >= 15 is 0 Å². The lowest BCUT2D eigenvalue weighted by Crippen LogP contribution is -2.37. The van der Waals surface area contributed by atoms with Crippen LogP contribution in [0.15, 0.2) is 52.0 Å². The summed E-state index contributed by atoms with van der Waals surface area (Å²) in [5, 5.41) is 0. The van der Waals surface area contributed by atoms with Crippen molar-refractivity contribution in [2.75, 3.05) is 6.54 Å². The molecule has 0 radical (unpaired) electrons.